The largest absolute Gasteiger partial charge is 0.467 e. The molecule has 0 aromatic carbocycles. The smallest absolute Gasteiger partial charge is 0.331 e. The summed E-state index contributed by atoms with van der Waals surface area (Å²) in [4.78, 5) is 28.4. The Morgan fingerprint density at radius 3 is 2.71 bits per heavy atom. The first-order valence-corrected chi connectivity index (χ1v) is 7.26. The third-order valence-electron chi connectivity index (χ3n) is 3.26. The zero-order chi connectivity index (χ0) is 16.0. The number of methoxy groups -OCH3 is 1. The molecule has 21 heavy (non-hydrogen) atoms. The van der Waals surface area contributed by atoms with Crippen molar-refractivity contribution in [1.29, 1.82) is 0 Å². The van der Waals surface area contributed by atoms with E-state index in [2.05, 4.69) is 10.3 Å². The van der Waals surface area contributed by atoms with Crippen LogP contribution in [-0.2, 0) is 16.1 Å². The fraction of sp³-hybridized carbons (Fsp3) is 0.667. The van der Waals surface area contributed by atoms with Crippen LogP contribution < -0.4 is 10.9 Å². The van der Waals surface area contributed by atoms with Crippen LogP contribution in [0.1, 0.15) is 40.5 Å². The van der Waals surface area contributed by atoms with Gasteiger partial charge in [-0.05, 0) is 19.3 Å². The second-order valence-electron chi connectivity index (χ2n) is 5.83. The molecule has 1 aromatic rings. The van der Waals surface area contributed by atoms with Crippen molar-refractivity contribution in [2.75, 3.05) is 12.4 Å². The topological polar surface area (TPSA) is 73.2 Å². The summed E-state index contributed by atoms with van der Waals surface area (Å²) in [5.41, 5.74) is -1.18. The minimum atomic E-state index is -0.952. The number of anilines is 1. The zero-order valence-corrected chi connectivity index (χ0v) is 13.5. The van der Waals surface area contributed by atoms with Crippen molar-refractivity contribution in [2.45, 2.75) is 52.6 Å². The number of nitrogens with zero attached hydrogens (tertiary/aromatic N) is 2. The molecule has 0 bridgehead atoms. The maximum Gasteiger partial charge on any atom is 0.331 e. The van der Waals surface area contributed by atoms with Crippen LogP contribution in [0.4, 0.5) is 5.82 Å². The van der Waals surface area contributed by atoms with Gasteiger partial charge in [0.15, 0.2) is 5.82 Å². The first-order chi connectivity index (χ1) is 9.84. The van der Waals surface area contributed by atoms with Gasteiger partial charge in [-0.15, -0.1) is 0 Å². The highest BCUT2D eigenvalue weighted by atomic mass is 16.5. The molecule has 6 nitrogen and oxygen atoms in total. The van der Waals surface area contributed by atoms with E-state index in [0.29, 0.717) is 18.9 Å². The van der Waals surface area contributed by atoms with Crippen molar-refractivity contribution < 1.29 is 9.53 Å². The van der Waals surface area contributed by atoms with E-state index in [1.807, 2.05) is 20.8 Å². The molecule has 1 heterocycles. The molecule has 0 amide bonds. The molecular formula is C15H25N3O3. The third kappa shape index (κ3) is 4.31. The van der Waals surface area contributed by atoms with Gasteiger partial charge in [0.2, 0.25) is 0 Å². The van der Waals surface area contributed by atoms with Gasteiger partial charge in [-0.25, -0.2) is 9.78 Å². The molecule has 1 atom stereocenters. The Morgan fingerprint density at radius 2 is 2.19 bits per heavy atom. The predicted molar refractivity (Wildman–Crippen MR) is 82.3 cm³/mol. The van der Waals surface area contributed by atoms with E-state index >= 15 is 0 Å². The van der Waals surface area contributed by atoms with Gasteiger partial charge in [0, 0.05) is 18.9 Å². The van der Waals surface area contributed by atoms with E-state index in [9.17, 15) is 9.59 Å². The standard InChI is InChI=1S/C15H25N3O3/c1-6-7-15(4,14(20)21-5)17-12-13(19)18(9-8-16-12)10-11(2)3/h8-9,11H,6-7,10H2,1-5H3,(H,16,17). The molecule has 1 aromatic heterocycles. The van der Waals surface area contributed by atoms with Gasteiger partial charge in [0.1, 0.15) is 5.54 Å². The van der Waals surface area contributed by atoms with E-state index < -0.39 is 11.5 Å². The molecule has 0 saturated heterocycles. The maximum atomic E-state index is 12.4. The summed E-state index contributed by atoms with van der Waals surface area (Å²) in [7, 11) is 1.34. The molecule has 0 saturated carbocycles. The number of nitrogens with one attached hydrogen (secondary N) is 1. The lowest BCUT2D eigenvalue weighted by Crippen LogP contribution is -2.46. The number of hydrogen-bond acceptors (Lipinski definition) is 5. The molecule has 0 aliphatic rings. The van der Waals surface area contributed by atoms with Crippen molar-refractivity contribution in [3.63, 3.8) is 0 Å². The summed E-state index contributed by atoms with van der Waals surface area (Å²) in [6.45, 7) is 8.38. The average molecular weight is 295 g/mol. The van der Waals surface area contributed by atoms with Crippen LogP contribution in [0.15, 0.2) is 17.2 Å². The van der Waals surface area contributed by atoms with Gasteiger partial charge in [-0.2, -0.15) is 0 Å². The minimum Gasteiger partial charge on any atom is -0.467 e. The molecule has 1 rings (SSSR count). The Bertz CT molecular complexity index is 539. The molecule has 0 aliphatic heterocycles. The Morgan fingerprint density at radius 1 is 1.52 bits per heavy atom. The van der Waals surface area contributed by atoms with Gasteiger partial charge in [0.25, 0.3) is 5.56 Å². The highest BCUT2D eigenvalue weighted by Gasteiger charge is 2.34. The van der Waals surface area contributed by atoms with E-state index in [-0.39, 0.29) is 11.4 Å². The number of aromatic nitrogens is 2. The number of esters is 1. The number of carbonyl (C=O) groups excluding carboxylic acids is 1. The number of hydrogen-bond donors (Lipinski definition) is 1. The summed E-state index contributed by atoms with van der Waals surface area (Å²) >= 11 is 0. The zero-order valence-electron chi connectivity index (χ0n) is 13.5. The molecule has 118 valence electrons. The van der Waals surface area contributed by atoms with Crippen molar-refractivity contribution in [2.24, 2.45) is 5.92 Å². The first kappa shape index (κ1) is 17.2. The molecule has 6 heteroatoms. The fourth-order valence-corrected chi connectivity index (χ4v) is 2.27. The van der Waals surface area contributed by atoms with Crippen LogP contribution in [0.5, 0.6) is 0 Å². The van der Waals surface area contributed by atoms with Gasteiger partial charge in [0.05, 0.1) is 7.11 Å². The van der Waals surface area contributed by atoms with E-state index in [1.165, 1.54) is 7.11 Å². The van der Waals surface area contributed by atoms with Gasteiger partial charge >= 0.3 is 5.97 Å². The fourth-order valence-electron chi connectivity index (χ4n) is 2.27. The van der Waals surface area contributed by atoms with E-state index in [1.54, 1.807) is 23.9 Å². The van der Waals surface area contributed by atoms with Crippen LogP contribution in [0.25, 0.3) is 0 Å². The highest BCUT2D eigenvalue weighted by molar-refractivity contribution is 5.83. The Labute approximate surface area is 125 Å². The molecule has 1 N–H and O–H groups in total. The summed E-state index contributed by atoms with van der Waals surface area (Å²) in [5.74, 6) is 0.130. The van der Waals surface area contributed by atoms with Gasteiger partial charge in [-0.3, -0.25) is 4.79 Å². The minimum absolute atomic E-state index is 0.180. The van der Waals surface area contributed by atoms with Crippen LogP contribution in [-0.4, -0.2) is 28.2 Å². The van der Waals surface area contributed by atoms with Gasteiger partial charge in [-0.1, -0.05) is 27.2 Å². The van der Waals surface area contributed by atoms with Crippen molar-refractivity contribution in [1.82, 2.24) is 9.55 Å². The summed E-state index contributed by atoms with van der Waals surface area (Å²) in [5, 5.41) is 2.97. The molecule has 0 spiro atoms. The number of carbonyl (C=O) groups is 1. The Balaban J connectivity index is 3.10. The molecular weight excluding hydrogens is 270 g/mol. The Kier molecular flexibility index (Phi) is 5.93. The van der Waals surface area contributed by atoms with E-state index in [0.717, 1.165) is 6.42 Å². The number of ether oxygens (including phenoxy) is 1. The van der Waals surface area contributed by atoms with Crippen molar-refractivity contribution in [3.8, 4) is 0 Å². The van der Waals surface area contributed by atoms with Crippen molar-refractivity contribution >= 4 is 11.8 Å². The van der Waals surface area contributed by atoms with Crippen LogP contribution in [0.2, 0.25) is 0 Å². The predicted octanol–water partition coefficient (Wildman–Crippen LogP) is 2.04. The lowest BCUT2D eigenvalue weighted by Gasteiger charge is -2.27. The lowest BCUT2D eigenvalue weighted by molar-refractivity contribution is -0.145. The average Bonchev–Trinajstić information content (AvgIpc) is 2.42. The molecule has 1 unspecified atom stereocenters. The monoisotopic (exact) mass is 295 g/mol. The first-order valence-electron chi connectivity index (χ1n) is 7.26. The van der Waals surface area contributed by atoms with Gasteiger partial charge < -0.3 is 14.6 Å². The third-order valence-corrected chi connectivity index (χ3v) is 3.26. The van der Waals surface area contributed by atoms with Crippen molar-refractivity contribution in [3.05, 3.63) is 22.7 Å². The normalized spacial score (nSPS) is 13.8. The summed E-state index contributed by atoms with van der Waals surface area (Å²) < 4.78 is 6.44. The van der Waals surface area contributed by atoms with Crippen LogP contribution >= 0.6 is 0 Å². The quantitative estimate of drug-likeness (QED) is 0.779. The summed E-state index contributed by atoms with van der Waals surface area (Å²) in [6, 6.07) is 0. The summed E-state index contributed by atoms with van der Waals surface area (Å²) in [6.07, 6.45) is 4.56. The molecule has 0 fully saturated rings. The van der Waals surface area contributed by atoms with E-state index in [4.69, 9.17) is 4.74 Å². The van der Waals surface area contributed by atoms with Crippen LogP contribution in [0, 0.1) is 5.92 Å². The maximum absolute atomic E-state index is 12.4. The molecule has 0 radical (unpaired) electrons. The number of rotatable bonds is 7. The van der Waals surface area contributed by atoms with Crippen LogP contribution in [0.3, 0.4) is 0 Å². The lowest BCUT2D eigenvalue weighted by atomic mass is 9.96. The Hall–Kier alpha value is -1.85. The molecule has 0 aliphatic carbocycles. The SMILES string of the molecule is CCCC(C)(Nc1nccn(CC(C)C)c1=O)C(=O)OC. The highest BCUT2D eigenvalue weighted by Crippen LogP contribution is 2.18. The second kappa shape index (κ2) is 7.24. The second-order valence-corrected chi connectivity index (χ2v) is 5.83.